The molecule has 112 valence electrons. The number of aryl methyl sites for hydroxylation is 1. The van der Waals surface area contributed by atoms with Crippen LogP contribution in [-0.4, -0.2) is 38.9 Å². The van der Waals surface area contributed by atoms with Crippen LogP contribution in [0.25, 0.3) is 11.4 Å². The van der Waals surface area contributed by atoms with E-state index in [2.05, 4.69) is 27.0 Å². The molecule has 1 saturated heterocycles. The molecule has 2 unspecified atom stereocenters. The van der Waals surface area contributed by atoms with Gasteiger partial charge >= 0.3 is 0 Å². The Balaban J connectivity index is 1.87. The van der Waals surface area contributed by atoms with Crippen molar-refractivity contribution >= 4 is 5.95 Å². The number of rotatable bonds is 2. The lowest BCUT2D eigenvalue weighted by Gasteiger charge is -2.36. The summed E-state index contributed by atoms with van der Waals surface area (Å²) < 4.78 is 0. The molecule has 6 nitrogen and oxygen atoms in total. The smallest absolute Gasteiger partial charge is 0.245 e. The third kappa shape index (κ3) is 2.58. The standard InChI is InChI=1S/C15H21N5O/c1-9-8-11(5-6-13(9)21)14-17-15(19-18-14)20-7-3-4-12(16)10(20)2/h5-6,8,10,12,21H,3-4,7,16H2,1-2H3,(H,17,18,19). The van der Waals surface area contributed by atoms with Gasteiger partial charge in [-0.25, -0.2) is 0 Å². The van der Waals surface area contributed by atoms with Crippen molar-refractivity contribution in [3.63, 3.8) is 0 Å². The van der Waals surface area contributed by atoms with E-state index >= 15 is 0 Å². The van der Waals surface area contributed by atoms with Gasteiger partial charge in [-0.05, 0) is 50.5 Å². The van der Waals surface area contributed by atoms with Crippen LogP contribution < -0.4 is 10.6 Å². The van der Waals surface area contributed by atoms with Crippen molar-refractivity contribution < 1.29 is 5.11 Å². The van der Waals surface area contributed by atoms with Crippen LogP contribution in [0.2, 0.25) is 0 Å². The Morgan fingerprint density at radius 3 is 3.00 bits per heavy atom. The number of aromatic amines is 1. The Labute approximate surface area is 124 Å². The number of phenolic OH excluding ortho intramolecular Hbond substituents is 1. The van der Waals surface area contributed by atoms with E-state index in [9.17, 15) is 5.11 Å². The number of nitrogens with two attached hydrogens (primary N) is 1. The van der Waals surface area contributed by atoms with Gasteiger partial charge in [-0.3, -0.25) is 5.10 Å². The fourth-order valence-corrected chi connectivity index (χ4v) is 2.77. The summed E-state index contributed by atoms with van der Waals surface area (Å²) in [5.74, 6) is 1.69. The van der Waals surface area contributed by atoms with Gasteiger partial charge in [0.05, 0.1) is 0 Å². The van der Waals surface area contributed by atoms with E-state index in [1.165, 1.54) is 0 Å². The van der Waals surface area contributed by atoms with Crippen molar-refractivity contribution in [2.75, 3.05) is 11.4 Å². The van der Waals surface area contributed by atoms with Gasteiger partial charge in [0.2, 0.25) is 5.95 Å². The zero-order chi connectivity index (χ0) is 15.0. The van der Waals surface area contributed by atoms with Gasteiger partial charge in [0.25, 0.3) is 0 Å². The number of aromatic nitrogens is 3. The molecule has 21 heavy (non-hydrogen) atoms. The largest absolute Gasteiger partial charge is 0.508 e. The molecule has 0 spiro atoms. The number of piperidine rings is 1. The second-order valence-electron chi connectivity index (χ2n) is 5.73. The highest BCUT2D eigenvalue weighted by Gasteiger charge is 2.27. The summed E-state index contributed by atoms with van der Waals surface area (Å²) >= 11 is 0. The molecular weight excluding hydrogens is 266 g/mol. The third-order valence-electron chi connectivity index (χ3n) is 4.25. The van der Waals surface area contributed by atoms with Crippen LogP contribution in [0.1, 0.15) is 25.3 Å². The van der Waals surface area contributed by atoms with Crippen molar-refractivity contribution in [3.05, 3.63) is 23.8 Å². The maximum Gasteiger partial charge on any atom is 0.245 e. The van der Waals surface area contributed by atoms with Gasteiger partial charge in [-0.1, -0.05) is 0 Å². The number of nitrogens with one attached hydrogen (secondary N) is 1. The fraction of sp³-hybridized carbons (Fsp3) is 0.467. The number of aromatic hydroxyl groups is 1. The molecule has 0 amide bonds. The average molecular weight is 287 g/mol. The molecule has 4 N–H and O–H groups in total. The second kappa shape index (κ2) is 5.37. The molecule has 1 aliphatic heterocycles. The van der Waals surface area contributed by atoms with Gasteiger partial charge in [0, 0.05) is 24.2 Å². The summed E-state index contributed by atoms with van der Waals surface area (Å²) in [5, 5.41) is 16.9. The SMILES string of the molecule is Cc1cc(-c2nc(N3CCCC(N)C3C)n[nH]2)ccc1O. The molecular formula is C15H21N5O. The predicted molar refractivity (Wildman–Crippen MR) is 82.2 cm³/mol. The number of benzene rings is 1. The lowest BCUT2D eigenvalue weighted by molar-refractivity contribution is 0.416. The number of hydrogen-bond donors (Lipinski definition) is 3. The quantitative estimate of drug-likeness (QED) is 0.783. The molecule has 0 radical (unpaired) electrons. The van der Waals surface area contributed by atoms with Crippen LogP contribution in [-0.2, 0) is 0 Å². The first-order valence-electron chi connectivity index (χ1n) is 7.31. The highest BCUT2D eigenvalue weighted by molar-refractivity contribution is 5.59. The number of phenols is 1. The lowest BCUT2D eigenvalue weighted by Crippen LogP contribution is -2.50. The number of H-pyrrole nitrogens is 1. The van der Waals surface area contributed by atoms with Gasteiger partial charge in [-0.2, -0.15) is 4.98 Å². The number of nitrogens with zero attached hydrogens (tertiary/aromatic N) is 3. The third-order valence-corrected chi connectivity index (χ3v) is 4.25. The van der Waals surface area contributed by atoms with Crippen molar-refractivity contribution in [2.24, 2.45) is 5.73 Å². The van der Waals surface area contributed by atoms with Crippen LogP contribution in [0.4, 0.5) is 5.95 Å². The van der Waals surface area contributed by atoms with Crippen LogP contribution in [0, 0.1) is 6.92 Å². The Hall–Kier alpha value is -2.08. The molecule has 2 atom stereocenters. The van der Waals surface area contributed by atoms with Gasteiger partial charge in [-0.15, -0.1) is 5.10 Å². The van der Waals surface area contributed by atoms with E-state index < -0.39 is 0 Å². The first kappa shape index (κ1) is 13.9. The highest BCUT2D eigenvalue weighted by atomic mass is 16.3. The van der Waals surface area contributed by atoms with Crippen molar-refractivity contribution in [1.29, 1.82) is 0 Å². The second-order valence-corrected chi connectivity index (χ2v) is 5.73. The van der Waals surface area contributed by atoms with Crippen LogP contribution >= 0.6 is 0 Å². The molecule has 2 heterocycles. The first-order chi connectivity index (χ1) is 10.1. The van der Waals surface area contributed by atoms with Crippen molar-refractivity contribution in [1.82, 2.24) is 15.2 Å². The van der Waals surface area contributed by atoms with Gasteiger partial charge in [0.15, 0.2) is 5.82 Å². The maximum atomic E-state index is 9.60. The molecule has 2 aromatic rings. The van der Waals surface area contributed by atoms with Gasteiger partial charge in [0.1, 0.15) is 5.75 Å². The van der Waals surface area contributed by atoms with E-state index in [0.29, 0.717) is 11.8 Å². The maximum absolute atomic E-state index is 9.60. The Morgan fingerprint density at radius 2 is 2.24 bits per heavy atom. The van der Waals surface area contributed by atoms with Crippen molar-refractivity contribution in [2.45, 2.75) is 38.8 Å². The molecule has 6 heteroatoms. The summed E-state index contributed by atoms with van der Waals surface area (Å²) in [6, 6.07) is 5.80. The number of anilines is 1. The van der Waals surface area contributed by atoms with Crippen molar-refractivity contribution in [3.8, 4) is 17.1 Å². The van der Waals surface area contributed by atoms with E-state index in [1.807, 2.05) is 19.1 Å². The summed E-state index contributed by atoms with van der Waals surface area (Å²) in [4.78, 5) is 6.74. The van der Waals surface area contributed by atoms with Crippen LogP contribution in [0.5, 0.6) is 5.75 Å². The van der Waals surface area contributed by atoms with E-state index in [1.54, 1.807) is 6.07 Å². The topological polar surface area (TPSA) is 91.1 Å². The zero-order valence-electron chi connectivity index (χ0n) is 12.4. The summed E-state index contributed by atoms with van der Waals surface area (Å²) in [7, 11) is 0. The normalized spacial score (nSPS) is 22.5. The lowest BCUT2D eigenvalue weighted by atomic mass is 9.99. The summed E-state index contributed by atoms with van der Waals surface area (Å²) in [6.07, 6.45) is 2.11. The Bertz CT molecular complexity index is 639. The Kier molecular flexibility index (Phi) is 3.55. The van der Waals surface area contributed by atoms with Gasteiger partial charge < -0.3 is 15.7 Å². The minimum atomic E-state index is 0.164. The molecule has 1 fully saturated rings. The Morgan fingerprint density at radius 1 is 1.43 bits per heavy atom. The zero-order valence-corrected chi connectivity index (χ0v) is 12.4. The molecule has 1 aromatic heterocycles. The van der Waals surface area contributed by atoms with E-state index in [-0.39, 0.29) is 17.8 Å². The molecule has 0 saturated carbocycles. The minimum Gasteiger partial charge on any atom is -0.508 e. The van der Waals surface area contributed by atoms with Crippen LogP contribution in [0.15, 0.2) is 18.2 Å². The average Bonchev–Trinajstić information content (AvgIpc) is 2.94. The fourth-order valence-electron chi connectivity index (χ4n) is 2.77. The summed E-state index contributed by atoms with van der Waals surface area (Å²) in [6.45, 7) is 4.91. The van der Waals surface area contributed by atoms with Crippen LogP contribution in [0.3, 0.4) is 0 Å². The number of hydrogen-bond acceptors (Lipinski definition) is 5. The molecule has 0 bridgehead atoms. The predicted octanol–water partition coefficient (Wildman–Crippen LogP) is 1.80. The first-order valence-corrected chi connectivity index (χ1v) is 7.31. The van der Waals surface area contributed by atoms with E-state index in [0.717, 1.165) is 30.5 Å². The minimum absolute atomic E-state index is 0.164. The molecule has 1 aliphatic rings. The highest BCUT2D eigenvalue weighted by Crippen LogP contribution is 2.26. The van der Waals surface area contributed by atoms with E-state index in [4.69, 9.17) is 5.73 Å². The molecule has 3 rings (SSSR count). The molecule has 1 aromatic carbocycles. The molecule has 0 aliphatic carbocycles. The monoisotopic (exact) mass is 287 g/mol. The summed E-state index contributed by atoms with van der Waals surface area (Å²) in [5.41, 5.74) is 7.86.